The molecule has 2 nitrogen and oxygen atoms in total. The summed E-state index contributed by atoms with van der Waals surface area (Å²) in [6, 6.07) is 13.1. The van der Waals surface area contributed by atoms with Crippen LogP contribution in [0.5, 0.6) is 0 Å². The van der Waals surface area contributed by atoms with Crippen molar-refractivity contribution < 1.29 is 4.39 Å². The summed E-state index contributed by atoms with van der Waals surface area (Å²) in [6.45, 7) is 3.40. The van der Waals surface area contributed by atoms with Crippen LogP contribution >= 0.6 is 0 Å². The van der Waals surface area contributed by atoms with Gasteiger partial charge in [-0.25, -0.2) is 4.39 Å². The molecule has 0 aliphatic rings. The van der Waals surface area contributed by atoms with E-state index >= 15 is 0 Å². The highest BCUT2D eigenvalue weighted by Crippen LogP contribution is 2.13. The molecular formula is C16H19FN2. The van der Waals surface area contributed by atoms with Crippen molar-refractivity contribution in [1.82, 2.24) is 4.90 Å². The lowest BCUT2D eigenvalue weighted by molar-refractivity contribution is 0.319. The molecule has 0 radical (unpaired) electrons. The molecule has 2 aromatic carbocycles. The van der Waals surface area contributed by atoms with Crippen LogP contribution in [0.15, 0.2) is 42.5 Å². The van der Waals surface area contributed by atoms with Gasteiger partial charge in [0.1, 0.15) is 5.82 Å². The smallest absolute Gasteiger partial charge is 0.126 e. The van der Waals surface area contributed by atoms with Crippen molar-refractivity contribution in [3.05, 3.63) is 65.0 Å². The molecular weight excluding hydrogens is 239 g/mol. The number of hydrogen-bond acceptors (Lipinski definition) is 2. The van der Waals surface area contributed by atoms with E-state index in [-0.39, 0.29) is 5.82 Å². The van der Waals surface area contributed by atoms with E-state index in [0.29, 0.717) is 5.56 Å². The highest BCUT2D eigenvalue weighted by molar-refractivity contribution is 5.40. The number of hydrogen-bond donors (Lipinski definition) is 1. The zero-order valence-electron chi connectivity index (χ0n) is 11.4. The third-order valence-electron chi connectivity index (χ3n) is 3.08. The molecule has 0 atom stereocenters. The van der Waals surface area contributed by atoms with Crippen molar-refractivity contribution in [2.45, 2.75) is 20.0 Å². The van der Waals surface area contributed by atoms with E-state index in [1.807, 2.05) is 37.4 Å². The molecule has 0 saturated carbocycles. The zero-order valence-corrected chi connectivity index (χ0v) is 11.4. The van der Waals surface area contributed by atoms with Crippen molar-refractivity contribution in [1.29, 1.82) is 0 Å². The maximum atomic E-state index is 13.2. The number of benzene rings is 2. The quantitative estimate of drug-likeness (QED) is 0.852. The molecule has 2 N–H and O–H groups in total. The number of aryl methyl sites for hydroxylation is 1. The van der Waals surface area contributed by atoms with Crippen molar-refractivity contribution >= 4 is 5.69 Å². The van der Waals surface area contributed by atoms with Crippen molar-refractivity contribution in [3.63, 3.8) is 0 Å². The SMILES string of the molecule is Cc1cc(CN(C)Cc2cccc(N)c2)ccc1F. The van der Waals surface area contributed by atoms with E-state index in [2.05, 4.69) is 11.0 Å². The Morgan fingerprint density at radius 2 is 1.74 bits per heavy atom. The molecule has 0 aliphatic heterocycles. The minimum Gasteiger partial charge on any atom is -0.399 e. The molecule has 0 spiro atoms. The van der Waals surface area contributed by atoms with Gasteiger partial charge in [0, 0.05) is 18.8 Å². The Bertz CT molecular complexity index is 566. The van der Waals surface area contributed by atoms with Gasteiger partial charge in [0.15, 0.2) is 0 Å². The van der Waals surface area contributed by atoms with Gasteiger partial charge < -0.3 is 5.73 Å². The van der Waals surface area contributed by atoms with Gasteiger partial charge in [0.2, 0.25) is 0 Å². The van der Waals surface area contributed by atoms with E-state index < -0.39 is 0 Å². The second kappa shape index (κ2) is 5.85. The maximum Gasteiger partial charge on any atom is 0.126 e. The standard InChI is InChI=1S/C16H19FN2/c1-12-8-14(6-7-16(12)17)11-19(2)10-13-4-3-5-15(18)9-13/h3-9H,10-11,18H2,1-2H3. The average molecular weight is 258 g/mol. The first kappa shape index (κ1) is 13.6. The lowest BCUT2D eigenvalue weighted by atomic mass is 10.1. The predicted octanol–water partition coefficient (Wildman–Crippen LogP) is 3.35. The van der Waals surface area contributed by atoms with Crippen LogP contribution in [-0.2, 0) is 13.1 Å². The zero-order chi connectivity index (χ0) is 13.8. The first-order chi connectivity index (χ1) is 9.04. The molecule has 2 rings (SSSR count). The lowest BCUT2D eigenvalue weighted by Crippen LogP contribution is -2.17. The summed E-state index contributed by atoms with van der Waals surface area (Å²) in [4.78, 5) is 2.18. The van der Waals surface area contributed by atoms with Crippen LogP contribution in [0, 0.1) is 12.7 Å². The number of halogens is 1. The van der Waals surface area contributed by atoms with Gasteiger partial charge in [0.25, 0.3) is 0 Å². The minimum absolute atomic E-state index is 0.151. The summed E-state index contributed by atoms with van der Waals surface area (Å²) in [5.74, 6) is -0.151. The summed E-state index contributed by atoms with van der Waals surface area (Å²) in [6.07, 6.45) is 0. The fraction of sp³-hybridized carbons (Fsp3) is 0.250. The third kappa shape index (κ3) is 3.80. The van der Waals surface area contributed by atoms with Crippen LogP contribution in [0.1, 0.15) is 16.7 Å². The predicted molar refractivity (Wildman–Crippen MR) is 77.2 cm³/mol. The Morgan fingerprint density at radius 1 is 1.05 bits per heavy atom. The number of nitrogen functional groups attached to an aromatic ring is 1. The van der Waals surface area contributed by atoms with Crippen LogP contribution in [0.2, 0.25) is 0 Å². The van der Waals surface area contributed by atoms with Crippen LogP contribution in [-0.4, -0.2) is 11.9 Å². The number of rotatable bonds is 4. The Balaban J connectivity index is 2.01. The van der Waals surface area contributed by atoms with E-state index in [1.165, 1.54) is 11.6 Å². The van der Waals surface area contributed by atoms with E-state index in [0.717, 1.165) is 24.3 Å². The van der Waals surface area contributed by atoms with Crippen molar-refractivity contribution in [3.8, 4) is 0 Å². The largest absolute Gasteiger partial charge is 0.399 e. The summed E-state index contributed by atoms with van der Waals surface area (Å²) in [5, 5.41) is 0. The van der Waals surface area contributed by atoms with E-state index in [9.17, 15) is 4.39 Å². The Morgan fingerprint density at radius 3 is 2.37 bits per heavy atom. The monoisotopic (exact) mass is 258 g/mol. The van der Waals surface area contributed by atoms with Crippen LogP contribution in [0.25, 0.3) is 0 Å². The maximum absolute atomic E-state index is 13.2. The number of anilines is 1. The molecule has 2 aromatic rings. The molecule has 0 aromatic heterocycles. The first-order valence-electron chi connectivity index (χ1n) is 6.32. The normalized spacial score (nSPS) is 10.9. The van der Waals surface area contributed by atoms with Gasteiger partial charge in [0.05, 0.1) is 0 Å². The average Bonchev–Trinajstić information content (AvgIpc) is 2.34. The molecule has 19 heavy (non-hydrogen) atoms. The molecule has 0 fully saturated rings. The second-order valence-corrected chi connectivity index (χ2v) is 5.00. The summed E-state index contributed by atoms with van der Waals surface area (Å²) in [5.41, 5.74) is 9.53. The topological polar surface area (TPSA) is 29.3 Å². The first-order valence-corrected chi connectivity index (χ1v) is 6.32. The lowest BCUT2D eigenvalue weighted by Gasteiger charge is -2.17. The van der Waals surface area contributed by atoms with Crippen LogP contribution in [0.3, 0.4) is 0 Å². The van der Waals surface area contributed by atoms with Crippen molar-refractivity contribution in [2.24, 2.45) is 0 Å². The molecule has 0 heterocycles. The van der Waals surface area contributed by atoms with Crippen LogP contribution in [0.4, 0.5) is 10.1 Å². The fourth-order valence-corrected chi connectivity index (χ4v) is 2.18. The van der Waals surface area contributed by atoms with Gasteiger partial charge in [-0.15, -0.1) is 0 Å². The minimum atomic E-state index is -0.151. The molecule has 0 unspecified atom stereocenters. The van der Waals surface area contributed by atoms with E-state index in [4.69, 9.17) is 5.73 Å². The fourth-order valence-electron chi connectivity index (χ4n) is 2.18. The van der Waals surface area contributed by atoms with Gasteiger partial charge in [-0.05, 0) is 48.9 Å². The Hall–Kier alpha value is -1.87. The number of nitrogens with two attached hydrogens (primary N) is 1. The highest BCUT2D eigenvalue weighted by atomic mass is 19.1. The summed E-state index contributed by atoms with van der Waals surface area (Å²) in [7, 11) is 2.04. The molecule has 100 valence electrons. The Kier molecular flexibility index (Phi) is 4.17. The number of nitrogens with zero attached hydrogens (tertiary/aromatic N) is 1. The van der Waals surface area contributed by atoms with E-state index in [1.54, 1.807) is 6.92 Å². The third-order valence-corrected chi connectivity index (χ3v) is 3.08. The van der Waals surface area contributed by atoms with Gasteiger partial charge >= 0.3 is 0 Å². The van der Waals surface area contributed by atoms with Gasteiger partial charge in [-0.2, -0.15) is 0 Å². The molecule has 0 amide bonds. The highest BCUT2D eigenvalue weighted by Gasteiger charge is 2.04. The summed E-state index contributed by atoms with van der Waals surface area (Å²) >= 11 is 0. The van der Waals surface area contributed by atoms with Crippen LogP contribution < -0.4 is 5.73 Å². The summed E-state index contributed by atoms with van der Waals surface area (Å²) < 4.78 is 13.2. The Labute approximate surface area is 113 Å². The molecule has 3 heteroatoms. The second-order valence-electron chi connectivity index (χ2n) is 5.00. The molecule has 0 saturated heterocycles. The molecule has 0 bridgehead atoms. The van der Waals surface area contributed by atoms with Gasteiger partial charge in [-0.1, -0.05) is 24.3 Å². The van der Waals surface area contributed by atoms with Gasteiger partial charge in [-0.3, -0.25) is 4.90 Å². The van der Waals surface area contributed by atoms with Crippen molar-refractivity contribution in [2.75, 3.05) is 12.8 Å². The molecule has 0 aliphatic carbocycles.